The predicted molar refractivity (Wildman–Crippen MR) is 76.1 cm³/mol. The third-order valence-corrected chi connectivity index (χ3v) is 4.20. The maximum Gasteiger partial charge on any atom is 0.0793 e. The summed E-state index contributed by atoms with van der Waals surface area (Å²) in [6.07, 6.45) is 11.9. The molecule has 0 heterocycles. The molecule has 0 spiro atoms. The number of hydrogen-bond acceptors (Lipinski definition) is 2. The van der Waals surface area contributed by atoms with Gasteiger partial charge >= 0.3 is 0 Å². The van der Waals surface area contributed by atoms with Crippen molar-refractivity contribution in [3.05, 3.63) is 24.7 Å². The van der Waals surface area contributed by atoms with E-state index in [4.69, 9.17) is 9.47 Å². The Labute approximate surface area is 112 Å². The van der Waals surface area contributed by atoms with E-state index in [0.717, 1.165) is 5.92 Å². The van der Waals surface area contributed by atoms with Crippen LogP contribution in [0.4, 0.5) is 0 Å². The van der Waals surface area contributed by atoms with Gasteiger partial charge in [0.05, 0.1) is 26.7 Å². The molecule has 18 heavy (non-hydrogen) atoms. The minimum absolute atomic E-state index is 0.0812. The first-order valence-electron chi connectivity index (χ1n) is 6.96. The van der Waals surface area contributed by atoms with Crippen LogP contribution in [0.5, 0.6) is 0 Å². The van der Waals surface area contributed by atoms with Gasteiger partial charge in [-0.2, -0.15) is 0 Å². The van der Waals surface area contributed by atoms with Crippen molar-refractivity contribution in [3.8, 4) is 0 Å². The molecule has 0 saturated heterocycles. The third-order valence-electron chi connectivity index (χ3n) is 4.20. The summed E-state index contributed by atoms with van der Waals surface area (Å²) in [5.41, 5.74) is 0.0812. The summed E-state index contributed by atoms with van der Waals surface area (Å²) >= 11 is 0. The lowest BCUT2D eigenvalue weighted by Gasteiger charge is -2.44. The Morgan fingerprint density at radius 1 is 1.06 bits per heavy atom. The van der Waals surface area contributed by atoms with Crippen molar-refractivity contribution in [2.24, 2.45) is 23.2 Å². The van der Waals surface area contributed by atoms with E-state index in [9.17, 15) is 0 Å². The van der Waals surface area contributed by atoms with Crippen LogP contribution in [0.3, 0.4) is 0 Å². The molecule has 1 fully saturated rings. The maximum absolute atomic E-state index is 5.16. The van der Waals surface area contributed by atoms with Gasteiger partial charge < -0.3 is 9.47 Å². The number of hydrogen-bond donors (Lipinski definition) is 0. The van der Waals surface area contributed by atoms with Gasteiger partial charge in [0, 0.05) is 5.41 Å². The van der Waals surface area contributed by atoms with Gasteiger partial charge in [-0.1, -0.05) is 27.2 Å². The number of methoxy groups -OCH3 is 2. The molecule has 1 aliphatic carbocycles. The molecule has 0 aliphatic heterocycles. The first-order valence-corrected chi connectivity index (χ1v) is 6.96. The fourth-order valence-electron chi connectivity index (χ4n) is 3.37. The second-order valence-electron chi connectivity index (χ2n) is 5.93. The van der Waals surface area contributed by atoms with Crippen LogP contribution < -0.4 is 0 Å². The van der Waals surface area contributed by atoms with Crippen molar-refractivity contribution >= 4 is 0 Å². The average molecular weight is 252 g/mol. The van der Waals surface area contributed by atoms with Crippen molar-refractivity contribution in [1.82, 2.24) is 0 Å². The van der Waals surface area contributed by atoms with E-state index in [1.165, 1.54) is 19.3 Å². The smallest absolute Gasteiger partial charge is 0.0793 e. The zero-order valence-corrected chi connectivity index (χ0v) is 12.5. The van der Waals surface area contributed by atoms with Crippen molar-refractivity contribution in [2.45, 2.75) is 40.0 Å². The first-order chi connectivity index (χ1) is 8.55. The average Bonchev–Trinajstić information content (AvgIpc) is 2.33. The molecule has 2 heteroatoms. The second-order valence-corrected chi connectivity index (χ2v) is 5.93. The van der Waals surface area contributed by atoms with Crippen LogP contribution in [0.15, 0.2) is 24.7 Å². The van der Waals surface area contributed by atoms with Gasteiger partial charge in [-0.15, -0.1) is 0 Å². The van der Waals surface area contributed by atoms with Gasteiger partial charge in [0.25, 0.3) is 0 Å². The van der Waals surface area contributed by atoms with Crippen LogP contribution in [0.25, 0.3) is 0 Å². The Balaban J connectivity index is 3.06. The summed E-state index contributed by atoms with van der Waals surface area (Å²) in [6.45, 7) is 6.97. The summed E-state index contributed by atoms with van der Waals surface area (Å²) in [5.74, 6) is 2.08. The van der Waals surface area contributed by atoms with Gasteiger partial charge in [0.2, 0.25) is 0 Å². The quantitative estimate of drug-likeness (QED) is 0.676. The Kier molecular flexibility index (Phi) is 5.77. The lowest BCUT2D eigenvalue weighted by atomic mass is 9.60. The lowest BCUT2D eigenvalue weighted by molar-refractivity contribution is 0.112. The van der Waals surface area contributed by atoms with Crippen molar-refractivity contribution in [3.63, 3.8) is 0 Å². The molecular weight excluding hydrogens is 224 g/mol. The standard InChI is InChI=1S/C16H28O2/c1-13(2)15-7-6-14(3)12-16(15,8-10-17-4)9-11-18-5/h8-11,13-15H,6-7,12H2,1-5H3/t14-,15+,16?/m1/s1. The highest BCUT2D eigenvalue weighted by atomic mass is 16.5. The van der Waals surface area contributed by atoms with E-state index in [-0.39, 0.29) is 5.41 Å². The molecule has 0 bridgehead atoms. The minimum Gasteiger partial charge on any atom is -0.505 e. The Morgan fingerprint density at radius 3 is 2.06 bits per heavy atom. The molecular formula is C16H28O2. The molecule has 0 amide bonds. The summed E-state index contributed by atoms with van der Waals surface area (Å²) in [6, 6.07) is 0. The molecule has 1 rings (SSSR count). The minimum atomic E-state index is 0.0812. The molecule has 2 nitrogen and oxygen atoms in total. The molecule has 1 aliphatic rings. The zero-order valence-electron chi connectivity index (χ0n) is 12.5. The van der Waals surface area contributed by atoms with Gasteiger partial charge in [0.15, 0.2) is 0 Å². The predicted octanol–water partition coefficient (Wildman–Crippen LogP) is 4.39. The number of rotatable bonds is 5. The highest BCUT2D eigenvalue weighted by molar-refractivity contribution is 5.14. The van der Waals surface area contributed by atoms with Crippen LogP contribution >= 0.6 is 0 Å². The Hall–Kier alpha value is -0.920. The van der Waals surface area contributed by atoms with Crippen molar-refractivity contribution < 1.29 is 9.47 Å². The summed E-state index contributed by atoms with van der Waals surface area (Å²) < 4.78 is 10.3. The Morgan fingerprint density at radius 2 is 1.61 bits per heavy atom. The van der Waals surface area contributed by atoms with Crippen LogP contribution in [0, 0.1) is 23.2 Å². The monoisotopic (exact) mass is 252 g/mol. The summed E-state index contributed by atoms with van der Waals surface area (Å²) in [7, 11) is 3.42. The van der Waals surface area contributed by atoms with Crippen LogP contribution in [0.2, 0.25) is 0 Å². The third kappa shape index (κ3) is 3.54. The van der Waals surface area contributed by atoms with Crippen LogP contribution in [-0.2, 0) is 9.47 Å². The van der Waals surface area contributed by atoms with E-state index in [0.29, 0.717) is 11.8 Å². The van der Waals surface area contributed by atoms with Crippen LogP contribution in [-0.4, -0.2) is 14.2 Å². The number of ether oxygens (including phenoxy) is 2. The van der Waals surface area contributed by atoms with E-state index >= 15 is 0 Å². The Bertz CT molecular complexity index is 277. The zero-order chi connectivity index (χ0) is 13.6. The van der Waals surface area contributed by atoms with E-state index in [2.05, 4.69) is 32.9 Å². The van der Waals surface area contributed by atoms with Crippen molar-refractivity contribution in [2.75, 3.05) is 14.2 Å². The molecule has 2 atom stereocenters. The second kappa shape index (κ2) is 6.86. The van der Waals surface area contributed by atoms with Gasteiger partial charge in [-0.25, -0.2) is 0 Å². The first kappa shape index (κ1) is 15.1. The molecule has 0 radical (unpaired) electrons. The normalized spacial score (nSPS) is 33.4. The molecule has 0 N–H and O–H groups in total. The summed E-state index contributed by atoms with van der Waals surface area (Å²) in [4.78, 5) is 0. The summed E-state index contributed by atoms with van der Waals surface area (Å²) in [5, 5.41) is 0. The van der Waals surface area contributed by atoms with Gasteiger partial charge in [0.1, 0.15) is 0 Å². The van der Waals surface area contributed by atoms with Crippen molar-refractivity contribution in [1.29, 1.82) is 0 Å². The SMILES string of the molecule is COC=CC1(C=COC)C[C@H](C)CC[C@H]1C(C)C. The highest BCUT2D eigenvalue weighted by Gasteiger charge is 2.40. The molecule has 0 aromatic rings. The largest absolute Gasteiger partial charge is 0.505 e. The number of allylic oxidation sites excluding steroid dienone is 2. The highest BCUT2D eigenvalue weighted by Crippen LogP contribution is 2.49. The molecule has 1 saturated carbocycles. The molecule has 0 aromatic heterocycles. The van der Waals surface area contributed by atoms with Gasteiger partial charge in [-0.05, 0) is 42.7 Å². The molecule has 104 valence electrons. The van der Waals surface area contributed by atoms with E-state index in [1.54, 1.807) is 14.2 Å². The molecule has 0 unspecified atom stereocenters. The maximum atomic E-state index is 5.16. The van der Waals surface area contributed by atoms with E-state index < -0.39 is 0 Å². The van der Waals surface area contributed by atoms with Crippen LogP contribution in [0.1, 0.15) is 40.0 Å². The van der Waals surface area contributed by atoms with Gasteiger partial charge in [-0.3, -0.25) is 0 Å². The molecule has 0 aromatic carbocycles. The van der Waals surface area contributed by atoms with E-state index in [1.807, 2.05) is 12.5 Å². The fourth-order valence-corrected chi connectivity index (χ4v) is 3.37. The lowest BCUT2D eigenvalue weighted by Crippen LogP contribution is -2.36. The fraction of sp³-hybridized carbons (Fsp3) is 0.750. The topological polar surface area (TPSA) is 18.5 Å².